The Morgan fingerprint density at radius 3 is 2.93 bits per heavy atom. The van der Waals surface area contributed by atoms with E-state index in [-0.39, 0.29) is 6.09 Å². The average molecular weight is 270 g/mol. The number of cyclic esters (lactones) is 1. The van der Waals surface area contributed by atoms with Gasteiger partial charge in [-0.2, -0.15) is 0 Å². The second-order valence-electron chi connectivity index (χ2n) is 3.48. The minimum atomic E-state index is -0.211. The molecule has 0 saturated carbocycles. The minimum Gasteiger partial charge on any atom is -0.449 e. The number of ether oxygens (including phenoxy) is 1. The van der Waals surface area contributed by atoms with Crippen molar-refractivity contribution < 1.29 is 9.53 Å². The highest BCUT2D eigenvalue weighted by molar-refractivity contribution is 9.10. The molecular weight excluding hydrogens is 258 g/mol. The maximum Gasteiger partial charge on any atom is 0.410 e. The van der Waals surface area contributed by atoms with E-state index >= 15 is 0 Å². The molecule has 3 nitrogen and oxygen atoms in total. The highest BCUT2D eigenvalue weighted by Crippen LogP contribution is 2.19. The quantitative estimate of drug-likeness (QED) is 0.827. The van der Waals surface area contributed by atoms with Gasteiger partial charge < -0.3 is 9.64 Å². The molecule has 1 aromatic rings. The van der Waals surface area contributed by atoms with E-state index in [1.807, 2.05) is 24.3 Å². The molecule has 1 aromatic carbocycles. The van der Waals surface area contributed by atoms with Crippen molar-refractivity contribution in [2.24, 2.45) is 0 Å². The zero-order valence-electron chi connectivity index (χ0n) is 8.28. The number of hydrogen-bond donors (Lipinski definition) is 0. The van der Waals surface area contributed by atoms with E-state index < -0.39 is 0 Å². The van der Waals surface area contributed by atoms with Crippen LogP contribution in [-0.4, -0.2) is 24.1 Å². The number of rotatable bonds is 2. The molecule has 1 fully saturated rings. The Hall–Kier alpha value is -1.03. The van der Waals surface area contributed by atoms with E-state index in [2.05, 4.69) is 15.9 Å². The summed E-state index contributed by atoms with van der Waals surface area (Å²) in [6.07, 6.45) is 0.702. The number of benzene rings is 1. The molecule has 0 aliphatic carbocycles. The van der Waals surface area contributed by atoms with Gasteiger partial charge in [0.2, 0.25) is 0 Å². The van der Waals surface area contributed by atoms with Crippen molar-refractivity contribution in [1.82, 2.24) is 4.90 Å². The molecule has 1 saturated heterocycles. The number of halogens is 1. The predicted molar refractivity (Wildman–Crippen MR) is 60.5 cm³/mol. The fourth-order valence-corrected chi connectivity index (χ4v) is 1.98. The highest BCUT2D eigenvalue weighted by atomic mass is 79.9. The standard InChI is InChI=1S/C11H12BrNO2/c12-10-5-2-1-4-9(10)8-13-6-3-7-15-11(13)14/h1-2,4-5H,3,6-8H2. The maximum absolute atomic E-state index is 11.4. The fourth-order valence-electron chi connectivity index (χ4n) is 1.57. The molecule has 0 atom stereocenters. The fraction of sp³-hybridized carbons (Fsp3) is 0.364. The third kappa shape index (κ3) is 2.50. The van der Waals surface area contributed by atoms with Crippen LogP contribution >= 0.6 is 15.9 Å². The van der Waals surface area contributed by atoms with Gasteiger partial charge in [-0.1, -0.05) is 34.1 Å². The molecular formula is C11H12BrNO2. The van der Waals surface area contributed by atoms with Crippen molar-refractivity contribution >= 4 is 22.0 Å². The SMILES string of the molecule is O=C1OCCCN1Cc1ccccc1Br. The topological polar surface area (TPSA) is 29.5 Å². The number of nitrogens with zero attached hydrogens (tertiary/aromatic N) is 1. The first kappa shape index (κ1) is 10.5. The number of hydrogen-bond acceptors (Lipinski definition) is 2. The Balaban J connectivity index is 2.08. The molecule has 1 aliphatic rings. The van der Waals surface area contributed by atoms with Gasteiger partial charge in [0.15, 0.2) is 0 Å². The van der Waals surface area contributed by atoms with Gasteiger partial charge in [0.1, 0.15) is 0 Å². The molecule has 1 aliphatic heterocycles. The second kappa shape index (κ2) is 4.66. The maximum atomic E-state index is 11.4. The van der Waals surface area contributed by atoms with E-state index in [4.69, 9.17) is 4.74 Å². The van der Waals surface area contributed by atoms with Crippen LogP contribution in [0.5, 0.6) is 0 Å². The first-order valence-electron chi connectivity index (χ1n) is 4.92. The van der Waals surface area contributed by atoms with Crippen LogP contribution in [0.3, 0.4) is 0 Å². The molecule has 4 heteroatoms. The van der Waals surface area contributed by atoms with E-state index in [9.17, 15) is 4.79 Å². The van der Waals surface area contributed by atoms with Crippen molar-refractivity contribution in [2.75, 3.05) is 13.2 Å². The molecule has 15 heavy (non-hydrogen) atoms. The molecule has 0 unspecified atom stereocenters. The van der Waals surface area contributed by atoms with Gasteiger partial charge in [0.05, 0.1) is 13.2 Å². The summed E-state index contributed by atoms with van der Waals surface area (Å²) in [6.45, 7) is 1.94. The molecule has 0 radical (unpaired) electrons. The summed E-state index contributed by atoms with van der Waals surface area (Å²) in [4.78, 5) is 13.1. The van der Waals surface area contributed by atoms with E-state index in [1.165, 1.54) is 0 Å². The van der Waals surface area contributed by atoms with Crippen LogP contribution in [0.1, 0.15) is 12.0 Å². The Labute approximate surface area is 97.2 Å². The van der Waals surface area contributed by atoms with Crippen LogP contribution in [0.2, 0.25) is 0 Å². The lowest BCUT2D eigenvalue weighted by Crippen LogP contribution is -2.37. The Morgan fingerprint density at radius 2 is 2.20 bits per heavy atom. The van der Waals surface area contributed by atoms with Crippen LogP contribution < -0.4 is 0 Å². The first-order valence-corrected chi connectivity index (χ1v) is 5.72. The Bertz CT molecular complexity index is 367. The summed E-state index contributed by atoms with van der Waals surface area (Å²) in [5.41, 5.74) is 1.11. The van der Waals surface area contributed by atoms with Gasteiger partial charge in [-0.25, -0.2) is 4.79 Å². The molecule has 1 heterocycles. The molecule has 0 N–H and O–H groups in total. The largest absolute Gasteiger partial charge is 0.449 e. The van der Waals surface area contributed by atoms with Gasteiger partial charge in [0.25, 0.3) is 0 Å². The van der Waals surface area contributed by atoms with Crippen molar-refractivity contribution in [3.8, 4) is 0 Å². The number of amides is 1. The lowest BCUT2D eigenvalue weighted by molar-refractivity contribution is 0.0700. The zero-order chi connectivity index (χ0) is 10.7. The van der Waals surface area contributed by atoms with E-state index in [1.54, 1.807) is 4.90 Å². The van der Waals surface area contributed by atoms with Crippen molar-refractivity contribution in [2.45, 2.75) is 13.0 Å². The van der Waals surface area contributed by atoms with Crippen molar-refractivity contribution in [3.05, 3.63) is 34.3 Å². The Kier molecular flexibility index (Phi) is 3.26. The zero-order valence-corrected chi connectivity index (χ0v) is 9.87. The smallest absolute Gasteiger partial charge is 0.410 e. The summed E-state index contributed by atoms with van der Waals surface area (Å²) in [6, 6.07) is 7.91. The van der Waals surface area contributed by atoms with Gasteiger partial charge >= 0.3 is 6.09 Å². The molecule has 0 aromatic heterocycles. The number of carbonyl (C=O) groups excluding carboxylic acids is 1. The van der Waals surface area contributed by atoms with Crippen molar-refractivity contribution in [3.63, 3.8) is 0 Å². The van der Waals surface area contributed by atoms with Crippen LogP contribution in [-0.2, 0) is 11.3 Å². The molecule has 0 spiro atoms. The van der Waals surface area contributed by atoms with Gasteiger partial charge in [0, 0.05) is 11.0 Å². The van der Waals surface area contributed by atoms with Crippen LogP contribution in [0.4, 0.5) is 4.79 Å². The van der Waals surface area contributed by atoms with Crippen molar-refractivity contribution in [1.29, 1.82) is 0 Å². The van der Waals surface area contributed by atoms with Gasteiger partial charge in [-0.05, 0) is 18.1 Å². The second-order valence-corrected chi connectivity index (χ2v) is 4.34. The predicted octanol–water partition coefficient (Wildman–Crippen LogP) is 2.79. The lowest BCUT2D eigenvalue weighted by atomic mass is 10.2. The summed E-state index contributed by atoms with van der Waals surface area (Å²) < 4.78 is 6.01. The third-order valence-electron chi connectivity index (χ3n) is 2.38. The molecule has 1 amide bonds. The molecule has 2 rings (SSSR count). The first-order chi connectivity index (χ1) is 7.27. The summed E-state index contributed by atoms with van der Waals surface area (Å²) >= 11 is 3.46. The van der Waals surface area contributed by atoms with Crippen LogP contribution in [0.15, 0.2) is 28.7 Å². The number of carbonyl (C=O) groups is 1. The molecule has 0 bridgehead atoms. The van der Waals surface area contributed by atoms with E-state index in [0.717, 1.165) is 23.0 Å². The van der Waals surface area contributed by atoms with Gasteiger partial charge in [-0.15, -0.1) is 0 Å². The summed E-state index contributed by atoms with van der Waals surface area (Å²) in [5, 5.41) is 0. The average Bonchev–Trinajstić information content (AvgIpc) is 2.24. The molecule has 80 valence electrons. The van der Waals surface area contributed by atoms with Gasteiger partial charge in [-0.3, -0.25) is 0 Å². The summed E-state index contributed by atoms with van der Waals surface area (Å²) in [7, 11) is 0. The monoisotopic (exact) mass is 269 g/mol. The summed E-state index contributed by atoms with van der Waals surface area (Å²) in [5.74, 6) is 0. The third-order valence-corrected chi connectivity index (χ3v) is 3.15. The van der Waals surface area contributed by atoms with Crippen LogP contribution in [0, 0.1) is 0 Å². The lowest BCUT2D eigenvalue weighted by Gasteiger charge is -2.26. The normalized spacial score (nSPS) is 16.3. The van der Waals surface area contributed by atoms with Crippen LogP contribution in [0.25, 0.3) is 0 Å². The minimum absolute atomic E-state index is 0.211. The Morgan fingerprint density at radius 1 is 1.40 bits per heavy atom. The van der Waals surface area contributed by atoms with E-state index in [0.29, 0.717) is 13.2 Å². The highest BCUT2D eigenvalue weighted by Gasteiger charge is 2.19.